The molecule has 0 amide bonds. The first-order valence-corrected chi connectivity index (χ1v) is 6.86. The smallest absolute Gasteiger partial charge is 0.129 e. The summed E-state index contributed by atoms with van der Waals surface area (Å²) in [5.74, 6) is 0.748. The zero-order valence-corrected chi connectivity index (χ0v) is 10.5. The lowest BCUT2D eigenvalue weighted by Crippen LogP contribution is -2.49. The number of nitrogens with zero attached hydrogens (tertiary/aromatic N) is 3. The third kappa shape index (κ3) is 3.01. The van der Waals surface area contributed by atoms with Gasteiger partial charge in [0.2, 0.25) is 0 Å². The van der Waals surface area contributed by atoms with Gasteiger partial charge in [0.1, 0.15) is 6.34 Å². The SMILES string of the molecule is ClCCCCN1NN=CN1C1CCCCC1. The Labute approximate surface area is 103 Å². The van der Waals surface area contributed by atoms with E-state index in [1.165, 1.54) is 32.1 Å². The number of hydrogen-bond acceptors (Lipinski definition) is 4. The van der Waals surface area contributed by atoms with E-state index in [1.54, 1.807) is 0 Å². The maximum Gasteiger partial charge on any atom is 0.129 e. The topological polar surface area (TPSA) is 30.9 Å². The quantitative estimate of drug-likeness (QED) is 0.595. The fourth-order valence-electron chi connectivity index (χ4n) is 2.42. The molecule has 2 aliphatic rings. The zero-order valence-electron chi connectivity index (χ0n) is 9.74. The van der Waals surface area contributed by atoms with Gasteiger partial charge in [-0.1, -0.05) is 19.3 Å². The molecule has 0 atom stereocenters. The minimum absolute atomic E-state index is 0.642. The Balaban J connectivity index is 1.79. The molecule has 2 rings (SSSR count). The highest BCUT2D eigenvalue weighted by molar-refractivity contribution is 6.17. The van der Waals surface area contributed by atoms with Gasteiger partial charge >= 0.3 is 0 Å². The average molecular weight is 245 g/mol. The Morgan fingerprint density at radius 3 is 2.81 bits per heavy atom. The fourth-order valence-corrected chi connectivity index (χ4v) is 2.61. The van der Waals surface area contributed by atoms with Crippen molar-refractivity contribution in [3.8, 4) is 0 Å². The molecule has 16 heavy (non-hydrogen) atoms. The van der Waals surface area contributed by atoms with E-state index < -0.39 is 0 Å². The van der Waals surface area contributed by atoms with Crippen LogP contribution in [0.1, 0.15) is 44.9 Å². The highest BCUT2D eigenvalue weighted by Crippen LogP contribution is 2.23. The molecule has 0 aromatic carbocycles. The summed E-state index contributed by atoms with van der Waals surface area (Å²) < 4.78 is 0. The molecule has 1 aliphatic carbocycles. The van der Waals surface area contributed by atoms with Crippen LogP contribution in [0.2, 0.25) is 0 Å². The van der Waals surface area contributed by atoms with Crippen LogP contribution in [-0.4, -0.2) is 34.9 Å². The first kappa shape index (κ1) is 12.0. The molecule has 5 heteroatoms. The van der Waals surface area contributed by atoms with Crippen molar-refractivity contribution in [2.45, 2.75) is 51.0 Å². The van der Waals surface area contributed by atoms with E-state index in [4.69, 9.17) is 11.6 Å². The standard InChI is InChI=1S/C11H21ClN4/c12-8-4-5-9-16-14-13-10-15(16)11-6-2-1-3-7-11/h10-11,14H,1-9H2. The third-order valence-electron chi connectivity index (χ3n) is 3.33. The number of nitrogens with one attached hydrogen (secondary N) is 1. The number of rotatable bonds is 5. The summed E-state index contributed by atoms with van der Waals surface area (Å²) in [7, 11) is 0. The monoisotopic (exact) mass is 244 g/mol. The number of hydrazine groups is 2. The number of hydrazone groups is 1. The van der Waals surface area contributed by atoms with Gasteiger partial charge in [0, 0.05) is 18.5 Å². The van der Waals surface area contributed by atoms with Gasteiger partial charge in [-0.2, -0.15) is 5.10 Å². The van der Waals surface area contributed by atoms with Gasteiger partial charge in [0.15, 0.2) is 0 Å². The van der Waals surface area contributed by atoms with Crippen molar-refractivity contribution < 1.29 is 0 Å². The predicted molar refractivity (Wildman–Crippen MR) is 67.0 cm³/mol. The summed E-state index contributed by atoms with van der Waals surface area (Å²) >= 11 is 5.69. The fraction of sp³-hybridized carbons (Fsp3) is 0.909. The van der Waals surface area contributed by atoms with Crippen LogP contribution in [0.15, 0.2) is 5.10 Å². The average Bonchev–Trinajstić information content (AvgIpc) is 2.79. The first-order chi connectivity index (χ1) is 7.92. The highest BCUT2D eigenvalue weighted by atomic mass is 35.5. The molecular formula is C11H21ClN4. The van der Waals surface area contributed by atoms with E-state index in [0.717, 1.165) is 25.3 Å². The molecule has 0 radical (unpaired) electrons. The van der Waals surface area contributed by atoms with Crippen molar-refractivity contribution in [2.24, 2.45) is 5.10 Å². The lowest BCUT2D eigenvalue weighted by molar-refractivity contribution is -0.0248. The van der Waals surface area contributed by atoms with Crippen molar-refractivity contribution in [2.75, 3.05) is 12.4 Å². The molecule has 0 unspecified atom stereocenters. The zero-order chi connectivity index (χ0) is 11.2. The lowest BCUT2D eigenvalue weighted by Gasteiger charge is -2.35. The van der Waals surface area contributed by atoms with E-state index in [2.05, 4.69) is 20.8 Å². The molecule has 1 saturated carbocycles. The Bertz CT molecular complexity index is 228. The maximum atomic E-state index is 5.69. The van der Waals surface area contributed by atoms with Crippen molar-refractivity contribution in [3.05, 3.63) is 0 Å². The van der Waals surface area contributed by atoms with Crippen molar-refractivity contribution >= 4 is 17.9 Å². The lowest BCUT2D eigenvalue weighted by atomic mass is 9.95. The van der Waals surface area contributed by atoms with Crippen LogP contribution in [0.5, 0.6) is 0 Å². The Hall–Kier alpha value is -0.480. The van der Waals surface area contributed by atoms with E-state index in [0.29, 0.717) is 6.04 Å². The highest BCUT2D eigenvalue weighted by Gasteiger charge is 2.26. The van der Waals surface area contributed by atoms with Crippen molar-refractivity contribution in [3.63, 3.8) is 0 Å². The van der Waals surface area contributed by atoms with Gasteiger partial charge in [-0.25, -0.2) is 5.53 Å². The van der Waals surface area contributed by atoms with Crippen LogP contribution in [0.4, 0.5) is 0 Å². The van der Waals surface area contributed by atoms with Crippen LogP contribution in [-0.2, 0) is 0 Å². The summed E-state index contributed by atoms with van der Waals surface area (Å²) in [6.45, 7) is 0.989. The minimum atomic E-state index is 0.642. The summed E-state index contributed by atoms with van der Waals surface area (Å²) in [6.07, 6.45) is 10.8. The molecule has 1 heterocycles. The Kier molecular flexibility index (Phi) is 4.72. The molecule has 0 bridgehead atoms. The maximum absolute atomic E-state index is 5.69. The van der Waals surface area contributed by atoms with E-state index >= 15 is 0 Å². The summed E-state index contributed by atoms with van der Waals surface area (Å²) in [4.78, 5) is 0. The van der Waals surface area contributed by atoms with Gasteiger partial charge in [0.05, 0.1) is 0 Å². The molecule has 4 nitrogen and oxygen atoms in total. The molecule has 0 aromatic heterocycles. The number of unbranched alkanes of at least 4 members (excludes halogenated alkanes) is 1. The molecular weight excluding hydrogens is 224 g/mol. The van der Waals surface area contributed by atoms with Crippen LogP contribution >= 0.6 is 11.6 Å². The molecule has 0 aromatic rings. The number of hydrogen-bond donors (Lipinski definition) is 1. The molecule has 92 valence electrons. The van der Waals surface area contributed by atoms with Crippen LogP contribution in [0.25, 0.3) is 0 Å². The number of halogens is 1. The van der Waals surface area contributed by atoms with Crippen molar-refractivity contribution in [1.82, 2.24) is 15.7 Å². The Morgan fingerprint density at radius 2 is 2.06 bits per heavy atom. The molecule has 0 spiro atoms. The van der Waals surface area contributed by atoms with Gasteiger partial charge in [-0.15, -0.1) is 16.7 Å². The molecule has 1 aliphatic heterocycles. The molecule has 0 saturated heterocycles. The first-order valence-electron chi connectivity index (χ1n) is 6.32. The van der Waals surface area contributed by atoms with E-state index in [-0.39, 0.29) is 0 Å². The van der Waals surface area contributed by atoms with Gasteiger partial charge in [-0.05, 0) is 25.7 Å². The van der Waals surface area contributed by atoms with Gasteiger partial charge in [-0.3, -0.25) is 5.01 Å². The largest absolute Gasteiger partial charge is 0.272 e. The van der Waals surface area contributed by atoms with Gasteiger partial charge < -0.3 is 0 Å². The minimum Gasteiger partial charge on any atom is -0.272 e. The second kappa shape index (κ2) is 6.30. The predicted octanol–water partition coefficient (Wildman–Crippen LogP) is 2.32. The van der Waals surface area contributed by atoms with Crippen molar-refractivity contribution in [1.29, 1.82) is 0 Å². The summed E-state index contributed by atoms with van der Waals surface area (Å²) in [6, 6.07) is 0.642. The third-order valence-corrected chi connectivity index (χ3v) is 3.60. The summed E-state index contributed by atoms with van der Waals surface area (Å²) in [5.41, 5.74) is 3.05. The van der Waals surface area contributed by atoms with E-state index in [9.17, 15) is 0 Å². The normalized spacial score (nSPS) is 22.7. The van der Waals surface area contributed by atoms with Crippen LogP contribution < -0.4 is 5.53 Å². The molecule has 1 N–H and O–H groups in total. The Morgan fingerprint density at radius 1 is 1.25 bits per heavy atom. The van der Waals surface area contributed by atoms with Crippen LogP contribution in [0.3, 0.4) is 0 Å². The van der Waals surface area contributed by atoms with Crippen LogP contribution in [0, 0.1) is 0 Å². The summed E-state index contributed by atoms with van der Waals surface area (Å²) in [5, 5.41) is 8.54. The second-order valence-corrected chi connectivity index (χ2v) is 4.91. The molecule has 1 fully saturated rings. The van der Waals surface area contributed by atoms with E-state index in [1.807, 2.05) is 6.34 Å². The van der Waals surface area contributed by atoms with Gasteiger partial charge in [0.25, 0.3) is 0 Å². The number of alkyl halides is 1. The second-order valence-electron chi connectivity index (χ2n) is 4.54.